The fraction of sp³-hybridized carbons (Fsp3) is 0.588. The molecule has 1 fully saturated rings. The molecule has 0 aliphatic heterocycles. The molecule has 3 atom stereocenters. The van der Waals surface area contributed by atoms with Crippen molar-refractivity contribution in [2.75, 3.05) is 0 Å². The van der Waals surface area contributed by atoms with Gasteiger partial charge in [-0.25, -0.2) is 8.60 Å². The second-order valence-corrected chi connectivity index (χ2v) is 8.38. The zero-order valence-electron chi connectivity index (χ0n) is 15.1. The molecule has 1 aliphatic rings. The van der Waals surface area contributed by atoms with Gasteiger partial charge in [0.25, 0.3) is 5.69 Å². The SMILES string of the molecule is CC[C@](C)(N=C(N)[C@@](C)(C1CCC1)S(=O)O)c1cc([N+](=O)[O-])ccc1F. The van der Waals surface area contributed by atoms with Crippen molar-refractivity contribution in [3.8, 4) is 0 Å². The van der Waals surface area contributed by atoms with Crippen molar-refractivity contribution >= 4 is 22.6 Å². The third-order valence-corrected chi connectivity index (χ3v) is 6.82. The van der Waals surface area contributed by atoms with E-state index in [1.807, 2.05) is 0 Å². The van der Waals surface area contributed by atoms with Gasteiger partial charge in [0.1, 0.15) is 16.4 Å². The molecular formula is C17H24FN3O4S. The minimum Gasteiger partial charge on any atom is -0.386 e. The van der Waals surface area contributed by atoms with Crippen molar-refractivity contribution < 1.29 is 18.1 Å². The number of nitrogens with zero attached hydrogens (tertiary/aromatic N) is 2. The first-order chi connectivity index (χ1) is 12.1. The van der Waals surface area contributed by atoms with E-state index in [4.69, 9.17) is 5.73 Å². The van der Waals surface area contributed by atoms with E-state index in [0.717, 1.165) is 37.5 Å². The Morgan fingerprint density at radius 1 is 1.50 bits per heavy atom. The number of nitro groups is 1. The van der Waals surface area contributed by atoms with Crippen molar-refractivity contribution in [1.82, 2.24) is 0 Å². The summed E-state index contributed by atoms with van der Waals surface area (Å²) in [5.74, 6) is -0.738. The van der Waals surface area contributed by atoms with Crippen molar-refractivity contribution in [1.29, 1.82) is 0 Å². The maximum absolute atomic E-state index is 14.4. The summed E-state index contributed by atoms with van der Waals surface area (Å²) in [6.07, 6.45) is 2.81. The Balaban J connectivity index is 2.55. The Bertz CT molecular complexity index is 768. The lowest BCUT2D eigenvalue weighted by Gasteiger charge is -2.40. The van der Waals surface area contributed by atoms with Gasteiger partial charge in [-0.1, -0.05) is 13.3 Å². The molecule has 0 spiro atoms. The Morgan fingerprint density at radius 2 is 2.12 bits per heavy atom. The van der Waals surface area contributed by atoms with Crippen molar-refractivity contribution in [2.24, 2.45) is 16.6 Å². The second kappa shape index (κ2) is 7.40. The minimum atomic E-state index is -2.25. The average Bonchev–Trinajstić information content (AvgIpc) is 2.52. The molecule has 26 heavy (non-hydrogen) atoms. The number of non-ortho nitro benzene ring substituents is 1. The fourth-order valence-corrected chi connectivity index (χ4v) is 3.89. The number of hydrogen-bond acceptors (Lipinski definition) is 4. The molecule has 0 amide bonds. The number of rotatable bonds is 7. The van der Waals surface area contributed by atoms with E-state index in [-0.39, 0.29) is 23.0 Å². The standard InChI is InChI=1S/C17H24FN3O4S/c1-4-16(2,13-10-12(21(22)23)8-9-14(13)18)20-15(19)17(3,26(24)25)11-6-5-7-11/h8-11H,4-7H2,1-3H3,(H2,19,20)(H,24,25)/t16-,17+/m0/s1. The lowest BCUT2D eigenvalue weighted by molar-refractivity contribution is -0.385. The molecule has 1 aromatic rings. The Hall–Kier alpha value is -1.87. The molecule has 2 rings (SSSR count). The molecule has 9 heteroatoms. The lowest BCUT2D eigenvalue weighted by Crippen LogP contribution is -2.53. The van der Waals surface area contributed by atoms with Crippen LogP contribution >= 0.6 is 0 Å². The van der Waals surface area contributed by atoms with Gasteiger partial charge < -0.3 is 10.3 Å². The van der Waals surface area contributed by atoms with Gasteiger partial charge in [-0.15, -0.1) is 0 Å². The Morgan fingerprint density at radius 3 is 2.54 bits per heavy atom. The Kier molecular flexibility index (Phi) is 5.82. The van der Waals surface area contributed by atoms with Crippen LogP contribution in [0.15, 0.2) is 23.2 Å². The predicted molar refractivity (Wildman–Crippen MR) is 98.8 cm³/mol. The largest absolute Gasteiger partial charge is 0.386 e. The Labute approximate surface area is 154 Å². The molecule has 7 nitrogen and oxygen atoms in total. The predicted octanol–water partition coefficient (Wildman–Crippen LogP) is 3.50. The van der Waals surface area contributed by atoms with Crippen LogP contribution in [0.5, 0.6) is 0 Å². The molecule has 0 bridgehead atoms. The first kappa shape index (κ1) is 20.4. The number of halogens is 1. The van der Waals surface area contributed by atoms with Crippen LogP contribution < -0.4 is 5.73 Å². The molecule has 0 heterocycles. The summed E-state index contributed by atoms with van der Waals surface area (Å²) in [7, 11) is 0. The van der Waals surface area contributed by atoms with Gasteiger partial charge in [0.05, 0.1) is 10.5 Å². The maximum atomic E-state index is 14.4. The van der Waals surface area contributed by atoms with Crippen LogP contribution in [-0.2, 0) is 16.6 Å². The molecule has 0 aromatic heterocycles. The molecular weight excluding hydrogens is 361 g/mol. The first-order valence-electron chi connectivity index (χ1n) is 8.47. The number of nitrogens with two attached hydrogens (primary N) is 1. The van der Waals surface area contributed by atoms with E-state index in [1.54, 1.807) is 20.8 Å². The summed E-state index contributed by atoms with van der Waals surface area (Å²) in [6, 6.07) is 3.26. The van der Waals surface area contributed by atoms with Crippen molar-refractivity contribution in [3.05, 3.63) is 39.7 Å². The van der Waals surface area contributed by atoms with Gasteiger partial charge in [0, 0.05) is 17.7 Å². The zero-order chi connectivity index (χ0) is 19.7. The smallest absolute Gasteiger partial charge is 0.270 e. The minimum absolute atomic E-state index is 0.0294. The highest BCUT2D eigenvalue weighted by molar-refractivity contribution is 7.81. The summed E-state index contributed by atoms with van der Waals surface area (Å²) >= 11 is -2.25. The summed E-state index contributed by atoms with van der Waals surface area (Å²) < 4.78 is 35.0. The average molecular weight is 385 g/mol. The lowest BCUT2D eigenvalue weighted by atomic mass is 9.75. The monoisotopic (exact) mass is 385 g/mol. The first-order valence-corrected chi connectivity index (χ1v) is 9.58. The number of amidine groups is 1. The number of aliphatic imine (C=N–C) groups is 1. The van der Waals surface area contributed by atoms with Gasteiger partial charge in [0.15, 0.2) is 11.1 Å². The van der Waals surface area contributed by atoms with Crippen LogP contribution in [0.25, 0.3) is 0 Å². The van der Waals surface area contributed by atoms with Crippen molar-refractivity contribution in [2.45, 2.75) is 56.7 Å². The van der Waals surface area contributed by atoms with E-state index < -0.39 is 32.1 Å². The molecule has 3 N–H and O–H groups in total. The number of nitro benzene ring substituents is 1. The van der Waals surface area contributed by atoms with E-state index in [2.05, 4.69) is 4.99 Å². The summed E-state index contributed by atoms with van der Waals surface area (Å²) in [6.45, 7) is 4.96. The summed E-state index contributed by atoms with van der Waals surface area (Å²) in [5, 5.41) is 11.0. The molecule has 1 aliphatic carbocycles. The normalized spacial score (nSPS) is 21.3. The maximum Gasteiger partial charge on any atom is 0.270 e. The third-order valence-electron chi connectivity index (χ3n) is 5.55. The van der Waals surface area contributed by atoms with Gasteiger partial charge in [-0.3, -0.25) is 15.1 Å². The molecule has 1 aromatic carbocycles. The molecule has 0 radical (unpaired) electrons. The van der Waals surface area contributed by atoms with E-state index in [9.17, 15) is 23.3 Å². The molecule has 0 saturated heterocycles. The fourth-order valence-electron chi connectivity index (χ4n) is 3.15. The van der Waals surface area contributed by atoms with Gasteiger partial charge in [0.2, 0.25) is 0 Å². The number of benzene rings is 1. The van der Waals surface area contributed by atoms with Crippen LogP contribution in [0.3, 0.4) is 0 Å². The molecule has 144 valence electrons. The van der Waals surface area contributed by atoms with E-state index >= 15 is 0 Å². The third kappa shape index (κ3) is 3.50. The van der Waals surface area contributed by atoms with Crippen LogP contribution in [-0.4, -0.2) is 24.3 Å². The summed E-state index contributed by atoms with van der Waals surface area (Å²) in [4.78, 5) is 14.9. The molecule has 1 unspecified atom stereocenters. The van der Waals surface area contributed by atoms with Crippen LogP contribution in [0.2, 0.25) is 0 Å². The zero-order valence-corrected chi connectivity index (χ0v) is 15.9. The summed E-state index contributed by atoms with van der Waals surface area (Å²) in [5.41, 5.74) is 4.75. The number of hydrogen-bond donors (Lipinski definition) is 2. The topological polar surface area (TPSA) is 119 Å². The second-order valence-electron chi connectivity index (χ2n) is 7.03. The highest BCUT2D eigenvalue weighted by atomic mass is 32.2. The van der Waals surface area contributed by atoms with Gasteiger partial charge >= 0.3 is 0 Å². The van der Waals surface area contributed by atoms with Crippen LogP contribution in [0, 0.1) is 21.8 Å². The van der Waals surface area contributed by atoms with Gasteiger partial charge in [-0.05, 0) is 45.1 Å². The van der Waals surface area contributed by atoms with Crippen LogP contribution in [0.1, 0.15) is 52.0 Å². The van der Waals surface area contributed by atoms with Crippen molar-refractivity contribution in [3.63, 3.8) is 0 Å². The van der Waals surface area contributed by atoms with Crippen LogP contribution in [0.4, 0.5) is 10.1 Å². The quantitative estimate of drug-likeness (QED) is 0.245. The van der Waals surface area contributed by atoms with E-state index in [0.29, 0.717) is 6.42 Å². The highest BCUT2D eigenvalue weighted by Gasteiger charge is 2.47. The highest BCUT2D eigenvalue weighted by Crippen LogP contribution is 2.41. The van der Waals surface area contributed by atoms with E-state index in [1.165, 1.54) is 0 Å². The molecule has 1 saturated carbocycles. The van der Waals surface area contributed by atoms with Gasteiger partial charge in [-0.2, -0.15) is 0 Å².